The number of likely N-dealkylation sites (tertiary alicyclic amines) is 1. The first kappa shape index (κ1) is 12.4. The van der Waals surface area contributed by atoms with Crippen LogP contribution in [0.4, 0.5) is 0 Å². The van der Waals surface area contributed by atoms with Crippen molar-refractivity contribution < 1.29 is 8.83 Å². The molecule has 0 aliphatic carbocycles. The van der Waals surface area contributed by atoms with Crippen LogP contribution >= 0.6 is 0 Å². The van der Waals surface area contributed by atoms with E-state index in [1.165, 1.54) is 0 Å². The quantitative estimate of drug-likeness (QED) is 0.899. The Labute approximate surface area is 111 Å². The van der Waals surface area contributed by atoms with E-state index in [1.807, 2.05) is 0 Å². The van der Waals surface area contributed by atoms with Crippen LogP contribution in [0.2, 0.25) is 0 Å². The Balaban J connectivity index is 1.68. The van der Waals surface area contributed by atoms with Gasteiger partial charge >= 0.3 is 0 Å². The van der Waals surface area contributed by atoms with Crippen molar-refractivity contribution in [3.05, 3.63) is 24.3 Å². The Morgan fingerprint density at radius 1 is 1.47 bits per heavy atom. The summed E-state index contributed by atoms with van der Waals surface area (Å²) in [5, 5.41) is 8.07. The predicted octanol–water partition coefficient (Wildman–Crippen LogP) is 1.50. The van der Waals surface area contributed by atoms with Crippen molar-refractivity contribution in [2.45, 2.75) is 25.9 Å². The molecule has 0 spiro atoms. The average molecular weight is 262 g/mol. The van der Waals surface area contributed by atoms with Gasteiger partial charge in [-0.25, -0.2) is 0 Å². The molecule has 0 amide bonds. The lowest BCUT2D eigenvalue weighted by Crippen LogP contribution is -2.27. The highest BCUT2D eigenvalue weighted by Gasteiger charge is 2.29. The fraction of sp³-hybridized carbons (Fsp3) is 0.538. The van der Waals surface area contributed by atoms with Gasteiger partial charge in [0, 0.05) is 12.6 Å². The van der Waals surface area contributed by atoms with E-state index in [-0.39, 0.29) is 0 Å². The fourth-order valence-electron chi connectivity index (χ4n) is 2.60. The summed E-state index contributed by atoms with van der Waals surface area (Å²) in [6.07, 6.45) is 2.73. The van der Waals surface area contributed by atoms with E-state index < -0.39 is 0 Å². The second-order valence-corrected chi connectivity index (χ2v) is 5.09. The molecule has 6 nitrogen and oxygen atoms in total. The minimum Gasteiger partial charge on any atom is -0.459 e. The predicted molar refractivity (Wildman–Crippen MR) is 69.0 cm³/mol. The highest BCUT2D eigenvalue weighted by Crippen LogP contribution is 2.25. The molecule has 1 fully saturated rings. The van der Waals surface area contributed by atoms with Crippen molar-refractivity contribution >= 4 is 0 Å². The van der Waals surface area contributed by atoms with Crippen LogP contribution < -0.4 is 5.73 Å². The van der Waals surface area contributed by atoms with Crippen LogP contribution in [0.5, 0.6) is 0 Å². The molecule has 2 unspecified atom stereocenters. The van der Waals surface area contributed by atoms with Gasteiger partial charge in [-0.05, 0) is 37.9 Å². The summed E-state index contributed by atoms with van der Waals surface area (Å²) in [5.74, 6) is 2.23. The van der Waals surface area contributed by atoms with Crippen molar-refractivity contribution in [2.24, 2.45) is 11.7 Å². The van der Waals surface area contributed by atoms with E-state index in [4.69, 9.17) is 14.6 Å². The molecule has 1 aliphatic heterocycles. The third-order valence-corrected chi connectivity index (χ3v) is 3.66. The smallest absolute Gasteiger partial charge is 0.283 e. The minimum absolute atomic E-state index is 0.433. The molecule has 1 aliphatic rings. The Bertz CT molecular complexity index is 522. The van der Waals surface area contributed by atoms with Crippen LogP contribution in [0.15, 0.2) is 27.2 Å². The molecular formula is C13H18N4O2. The molecular weight excluding hydrogens is 244 g/mol. The third kappa shape index (κ3) is 2.54. The van der Waals surface area contributed by atoms with Crippen molar-refractivity contribution in [3.8, 4) is 11.7 Å². The van der Waals surface area contributed by atoms with Crippen LogP contribution in [0, 0.1) is 5.92 Å². The number of aromatic nitrogens is 2. The summed E-state index contributed by atoms with van der Waals surface area (Å²) in [7, 11) is 0. The molecule has 6 heteroatoms. The molecule has 102 valence electrons. The number of furan rings is 1. The molecule has 3 heterocycles. The summed E-state index contributed by atoms with van der Waals surface area (Å²) >= 11 is 0. The molecule has 3 rings (SSSR count). The zero-order chi connectivity index (χ0) is 13.2. The van der Waals surface area contributed by atoms with Crippen LogP contribution in [-0.2, 0) is 6.54 Å². The van der Waals surface area contributed by atoms with E-state index in [0.29, 0.717) is 36.0 Å². The van der Waals surface area contributed by atoms with Gasteiger partial charge in [0.15, 0.2) is 5.76 Å². The van der Waals surface area contributed by atoms with E-state index in [2.05, 4.69) is 22.0 Å². The summed E-state index contributed by atoms with van der Waals surface area (Å²) in [5.41, 5.74) is 5.73. The summed E-state index contributed by atoms with van der Waals surface area (Å²) in [6.45, 7) is 4.61. The number of rotatable bonds is 4. The number of nitrogens with zero attached hydrogens (tertiary/aromatic N) is 3. The van der Waals surface area contributed by atoms with Gasteiger partial charge < -0.3 is 14.6 Å². The van der Waals surface area contributed by atoms with Gasteiger partial charge in [0.2, 0.25) is 5.89 Å². The second-order valence-electron chi connectivity index (χ2n) is 5.09. The van der Waals surface area contributed by atoms with E-state index in [1.54, 1.807) is 18.4 Å². The lowest BCUT2D eigenvalue weighted by Gasteiger charge is -2.18. The molecule has 19 heavy (non-hydrogen) atoms. The second kappa shape index (κ2) is 5.14. The van der Waals surface area contributed by atoms with Gasteiger partial charge in [0.05, 0.1) is 12.8 Å². The van der Waals surface area contributed by atoms with Gasteiger partial charge in [0.1, 0.15) is 0 Å². The standard InChI is InChI=1S/C13H18N4O2/c1-9-5-10(6-14)7-17(9)8-12-15-16-13(19-12)11-3-2-4-18-11/h2-4,9-10H,5-8,14H2,1H3. The summed E-state index contributed by atoms with van der Waals surface area (Å²) in [6, 6.07) is 4.11. The van der Waals surface area contributed by atoms with Gasteiger partial charge in [-0.2, -0.15) is 0 Å². The molecule has 0 aromatic carbocycles. The fourth-order valence-corrected chi connectivity index (χ4v) is 2.60. The first-order valence-corrected chi connectivity index (χ1v) is 6.56. The molecule has 0 saturated carbocycles. The first-order chi connectivity index (χ1) is 9.26. The zero-order valence-corrected chi connectivity index (χ0v) is 11.0. The van der Waals surface area contributed by atoms with Crippen molar-refractivity contribution in [2.75, 3.05) is 13.1 Å². The Kier molecular flexibility index (Phi) is 3.35. The highest BCUT2D eigenvalue weighted by atomic mass is 16.4. The number of nitrogens with two attached hydrogens (primary N) is 1. The number of hydrogen-bond donors (Lipinski definition) is 1. The average Bonchev–Trinajstić information content (AvgIpc) is 3.11. The van der Waals surface area contributed by atoms with Crippen molar-refractivity contribution in [1.29, 1.82) is 0 Å². The maximum absolute atomic E-state index is 5.73. The molecule has 0 radical (unpaired) electrons. The van der Waals surface area contributed by atoms with Gasteiger partial charge in [-0.3, -0.25) is 4.90 Å². The molecule has 2 N–H and O–H groups in total. The molecule has 0 bridgehead atoms. The topological polar surface area (TPSA) is 81.3 Å². The SMILES string of the molecule is CC1CC(CN)CN1Cc1nnc(-c2ccco2)o1. The molecule has 2 aromatic rings. The molecule has 2 aromatic heterocycles. The van der Waals surface area contributed by atoms with E-state index in [9.17, 15) is 0 Å². The van der Waals surface area contributed by atoms with Crippen molar-refractivity contribution in [1.82, 2.24) is 15.1 Å². The van der Waals surface area contributed by atoms with Crippen molar-refractivity contribution in [3.63, 3.8) is 0 Å². The largest absolute Gasteiger partial charge is 0.459 e. The molecule has 1 saturated heterocycles. The van der Waals surface area contributed by atoms with E-state index >= 15 is 0 Å². The lowest BCUT2D eigenvalue weighted by molar-refractivity contribution is 0.230. The van der Waals surface area contributed by atoms with Crippen LogP contribution in [0.3, 0.4) is 0 Å². The van der Waals surface area contributed by atoms with Crippen LogP contribution in [0.25, 0.3) is 11.7 Å². The van der Waals surface area contributed by atoms with Crippen LogP contribution in [0.1, 0.15) is 19.2 Å². The Morgan fingerprint density at radius 2 is 2.37 bits per heavy atom. The highest BCUT2D eigenvalue weighted by molar-refractivity contribution is 5.42. The molecule has 2 atom stereocenters. The lowest BCUT2D eigenvalue weighted by atomic mass is 10.1. The minimum atomic E-state index is 0.433. The summed E-state index contributed by atoms with van der Waals surface area (Å²) < 4.78 is 10.9. The number of hydrogen-bond acceptors (Lipinski definition) is 6. The maximum Gasteiger partial charge on any atom is 0.283 e. The summed E-state index contributed by atoms with van der Waals surface area (Å²) in [4.78, 5) is 2.33. The van der Waals surface area contributed by atoms with Gasteiger partial charge in [-0.1, -0.05) is 0 Å². The van der Waals surface area contributed by atoms with Gasteiger partial charge in [0.25, 0.3) is 5.89 Å². The Morgan fingerprint density at radius 3 is 3.05 bits per heavy atom. The van der Waals surface area contributed by atoms with Crippen LogP contribution in [-0.4, -0.2) is 34.2 Å². The maximum atomic E-state index is 5.73. The monoisotopic (exact) mass is 262 g/mol. The van der Waals surface area contributed by atoms with E-state index in [0.717, 1.165) is 19.5 Å². The first-order valence-electron chi connectivity index (χ1n) is 6.56. The van der Waals surface area contributed by atoms with Gasteiger partial charge in [-0.15, -0.1) is 10.2 Å². The zero-order valence-electron chi connectivity index (χ0n) is 11.0. The Hall–Kier alpha value is -1.66. The third-order valence-electron chi connectivity index (χ3n) is 3.66. The normalized spacial score (nSPS) is 24.1.